The number of nitrogens with zero attached hydrogens (tertiary/aromatic N) is 1. The van der Waals surface area contributed by atoms with Crippen LogP contribution in [0.4, 0.5) is 5.69 Å². The number of benzene rings is 1. The number of unbranched alkanes of at least 4 members (excludes halogenated alkanes) is 1. The number of amides is 2. The molecule has 8 heteroatoms. The van der Waals surface area contributed by atoms with E-state index in [9.17, 15) is 19.5 Å². The van der Waals surface area contributed by atoms with Crippen molar-refractivity contribution in [2.24, 2.45) is 0 Å². The summed E-state index contributed by atoms with van der Waals surface area (Å²) in [5, 5.41) is 15.1. The average Bonchev–Trinajstić information content (AvgIpc) is 2.63. The third-order valence-electron chi connectivity index (χ3n) is 3.82. The van der Waals surface area contributed by atoms with Gasteiger partial charge in [0.25, 0.3) is 5.91 Å². The molecule has 2 amide bonds. The summed E-state index contributed by atoms with van der Waals surface area (Å²) in [6.07, 6.45) is 2.74. The highest BCUT2D eigenvalue weighted by molar-refractivity contribution is 5.95. The maximum atomic E-state index is 12.0. The Bertz CT molecular complexity index is 867. The predicted octanol–water partition coefficient (Wildman–Crippen LogP) is 2.56. The van der Waals surface area contributed by atoms with Crippen LogP contribution in [0, 0.1) is 6.92 Å². The fraction of sp³-hybridized carbons (Fsp3) is 0.300. The Balaban J connectivity index is 1.71. The van der Waals surface area contributed by atoms with Gasteiger partial charge < -0.3 is 20.5 Å². The van der Waals surface area contributed by atoms with Gasteiger partial charge >= 0.3 is 5.97 Å². The molecule has 2 aromatic rings. The molecule has 0 bridgehead atoms. The third-order valence-corrected chi connectivity index (χ3v) is 3.82. The first-order valence-electron chi connectivity index (χ1n) is 8.88. The molecule has 1 aromatic carbocycles. The van der Waals surface area contributed by atoms with Crippen LogP contribution in [0.1, 0.15) is 42.2 Å². The Morgan fingerprint density at radius 1 is 1.18 bits per heavy atom. The van der Waals surface area contributed by atoms with Gasteiger partial charge in [0.1, 0.15) is 11.5 Å². The van der Waals surface area contributed by atoms with Crippen LogP contribution in [0.15, 0.2) is 36.5 Å². The molecule has 148 valence electrons. The largest absolute Gasteiger partial charge is 0.505 e. The Morgan fingerprint density at radius 3 is 2.71 bits per heavy atom. The maximum Gasteiger partial charge on any atom is 0.311 e. The second-order valence-corrected chi connectivity index (χ2v) is 6.22. The molecule has 0 aliphatic heterocycles. The van der Waals surface area contributed by atoms with E-state index >= 15 is 0 Å². The first-order chi connectivity index (χ1) is 13.4. The number of hydrogen-bond donors (Lipinski definition) is 3. The van der Waals surface area contributed by atoms with E-state index in [1.807, 2.05) is 0 Å². The van der Waals surface area contributed by atoms with E-state index in [2.05, 4.69) is 15.6 Å². The van der Waals surface area contributed by atoms with Gasteiger partial charge in [0, 0.05) is 37.8 Å². The molecule has 1 aromatic heterocycles. The van der Waals surface area contributed by atoms with Crippen molar-refractivity contribution < 1.29 is 24.2 Å². The van der Waals surface area contributed by atoms with Gasteiger partial charge in [-0.25, -0.2) is 4.98 Å². The van der Waals surface area contributed by atoms with E-state index in [0.29, 0.717) is 36.4 Å². The second kappa shape index (κ2) is 10.1. The maximum absolute atomic E-state index is 12.0. The van der Waals surface area contributed by atoms with Crippen LogP contribution >= 0.6 is 0 Å². The van der Waals surface area contributed by atoms with Crippen molar-refractivity contribution in [3.63, 3.8) is 0 Å². The molecule has 0 radical (unpaired) electrons. The van der Waals surface area contributed by atoms with Gasteiger partial charge in [-0.2, -0.15) is 0 Å². The lowest BCUT2D eigenvalue weighted by Gasteiger charge is -2.08. The quantitative estimate of drug-likeness (QED) is 0.365. The zero-order valence-corrected chi connectivity index (χ0v) is 15.8. The average molecular weight is 385 g/mol. The summed E-state index contributed by atoms with van der Waals surface area (Å²) in [6, 6.07) is 8.19. The zero-order valence-electron chi connectivity index (χ0n) is 15.8. The minimum Gasteiger partial charge on any atom is -0.505 e. The van der Waals surface area contributed by atoms with Gasteiger partial charge in [-0.05, 0) is 43.5 Å². The van der Waals surface area contributed by atoms with E-state index in [4.69, 9.17) is 4.74 Å². The number of carbonyl (C=O) groups excluding carboxylic acids is 3. The molecule has 0 spiro atoms. The Morgan fingerprint density at radius 2 is 1.96 bits per heavy atom. The van der Waals surface area contributed by atoms with E-state index < -0.39 is 11.9 Å². The van der Waals surface area contributed by atoms with E-state index in [0.717, 1.165) is 0 Å². The van der Waals surface area contributed by atoms with Gasteiger partial charge in [0.05, 0.1) is 0 Å². The zero-order chi connectivity index (χ0) is 20.5. The summed E-state index contributed by atoms with van der Waals surface area (Å²) in [4.78, 5) is 38.8. The standard InChI is InChI=1S/C20H23N3O5/c1-13-9-11-21-18(19(13)26)20(27)22-10-4-3-8-17(25)28-16-7-5-6-15(12-16)23-14(2)24/h5-7,9,11-12,26H,3-4,8,10H2,1-2H3,(H,22,27)(H,23,24). The number of ether oxygens (including phenoxy) is 1. The fourth-order valence-electron chi connectivity index (χ4n) is 2.42. The van der Waals surface area contributed by atoms with Gasteiger partial charge in [0.2, 0.25) is 5.91 Å². The minimum atomic E-state index is -0.460. The third kappa shape index (κ3) is 6.39. The lowest BCUT2D eigenvalue weighted by atomic mass is 10.2. The van der Waals surface area contributed by atoms with Crippen LogP contribution in [0.25, 0.3) is 0 Å². The Labute approximate surface area is 162 Å². The molecule has 2 rings (SSSR count). The lowest BCUT2D eigenvalue weighted by molar-refractivity contribution is -0.134. The molecule has 0 saturated carbocycles. The summed E-state index contributed by atoms with van der Waals surface area (Å²) >= 11 is 0. The molecule has 0 saturated heterocycles. The van der Waals surface area contributed by atoms with Crippen molar-refractivity contribution in [3.05, 3.63) is 47.8 Å². The summed E-state index contributed by atoms with van der Waals surface area (Å²) in [7, 11) is 0. The van der Waals surface area contributed by atoms with Crippen molar-refractivity contribution in [2.75, 3.05) is 11.9 Å². The van der Waals surface area contributed by atoms with Crippen LogP contribution < -0.4 is 15.4 Å². The molecule has 0 atom stereocenters. The molecular formula is C20H23N3O5. The number of rotatable bonds is 8. The number of aromatic hydroxyl groups is 1. The Kier molecular flexibility index (Phi) is 7.50. The fourth-order valence-corrected chi connectivity index (χ4v) is 2.42. The SMILES string of the molecule is CC(=O)Nc1cccc(OC(=O)CCCCNC(=O)c2nccc(C)c2O)c1. The molecule has 8 nitrogen and oxygen atoms in total. The molecule has 28 heavy (non-hydrogen) atoms. The molecule has 3 N–H and O–H groups in total. The highest BCUT2D eigenvalue weighted by atomic mass is 16.5. The first-order valence-corrected chi connectivity index (χ1v) is 8.88. The molecule has 1 heterocycles. The van der Waals surface area contributed by atoms with Crippen LogP contribution in [-0.4, -0.2) is 34.4 Å². The molecule has 0 fully saturated rings. The van der Waals surface area contributed by atoms with Crippen molar-refractivity contribution in [1.29, 1.82) is 0 Å². The van der Waals surface area contributed by atoms with Crippen molar-refractivity contribution in [2.45, 2.75) is 33.1 Å². The molecular weight excluding hydrogens is 362 g/mol. The number of carbonyl (C=O) groups is 3. The molecule has 0 aliphatic rings. The van der Waals surface area contributed by atoms with E-state index in [-0.39, 0.29) is 23.8 Å². The normalized spacial score (nSPS) is 10.2. The Hall–Kier alpha value is -3.42. The number of aryl methyl sites for hydroxylation is 1. The molecule has 0 aliphatic carbocycles. The lowest BCUT2D eigenvalue weighted by Crippen LogP contribution is -2.25. The first kappa shape index (κ1) is 20.9. The van der Waals surface area contributed by atoms with Gasteiger partial charge in [-0.3, -0.25) is 14.4 Å². The highest BCUT2D eigenvalue weighted by Crippen LogP contribution is 2.19. The monoisotopic (exact) mass is 385 g/mol. The number of esters is 1. The van der Waals surface area contributed by atoms with Crippen LogP contribution in [0.3, 0.4) is 0 Å². The summed E-state index contributed by atoms with van der Waals surface area (Å²) < 4.78 is 5.24. The highest BCUT2D eigenvalue weighted by Gasteiger charge is 2.13. The number of nitrogens with one attached hydrogen (secondary N) is 2. The van der Waals surface area contributed by atoms with Crippen LogP contribution in [0.5, 0.6) is 11.5 Å². The predicted molar refractivity (Wildman–Crippen MR) is 103 cm³/mol. The van der Waals surface area contributed by atoms with Gasteiger partial charge in [0.15, 0.2) is 5.69 Å². The number of anilines is 1. The topological polar surface area (TPSA) is 118 Å². The number of hydrogen-bond acceptors (Lipinski definition) is 6. The van der Waals surface area contributed by atoms with E-state index in [1.165, 1.54) is 13.1 Å². The van der Waals surface area contributed by atoms with Crippen molar-refractivity contribution in [3.8, 4) is 11.5 Å². The van der Waals surface area contributed by atoms with Crippen molar-refractivity contribution >= 4 is 23.5 Å². The van der Waals surface area contributed by atoms with Gasteiger partial charge in [-0.15, -0.1) is 0 Å². The minimum absolute atomic E-state index is 0.0153. The number of aromatic nitrogens is 1. The second-order valence-electron chi connectivity index (χ2n) is 6.22. The summed E-state index contributed by atoms with van der Waals surface area (Å²) in [6.45, 7) is 3.43. The summed E-state index contributed by atoms with van der Waals surface area (Å²) in [5.74, 6) is -0.849. The summed E-state index contributed by atoms with van der Waals surface area (Å²) in [5.41, 5.74) is 1.11. The van der Waals surface area contributed by atoms with Gasteiger partial charge in [-0.1, -0.05) is 6.07 Å². The molecule has 0 unspecified atom stereocenters. The van der Waals surface area contributed by atoms with Crippen LogP contribution in [0.2, 0.25) is 0 Å². The van der Waals surface area contributed by atoms with Crippen LogP contribution in [-0.2, 0) is 9.59 Å². The smallest absolute Gasteiger partial charge is 0.311 e. The van der Waals surface area contributed by atoms with Crippen molar-refractivity contribution in [1.82, 2.24) is 10.3 Å². The van der Waals surface area contributed by atoms with E-state index in [1.54, 1.807) is 37.3 Å². The number of pyridine rings is 1.